The number of ether oxygens (including phenoxy) is 1. The second-order valence-corrected chi connectivity index (χ2v) is 6.79. The Bertz CT molecular complexity index is 1130. The molecule has 0 unspecified atom stereocenters. The molecular weight excluding hydrogens is 370 g/mol. The quantitative estimate of drug-likeness (QED) is 0.523. The summed E-state index contributed by atoms with van der Waals surface area (Å²) in [4.78, 5) is 25.2. The van der Waals surface area contributed by atoms with E-state index in [1.807, 2.05) is 19.1 Å². The number of nitrogens with zero attached hydrogens (tertiary/aromatic N) is 3. The number of benzene rings is 1. The van der Waals surface area contributed by atoms with Gasteiger partial charge in [0.05, 0.1) is 13.2 Å². The number of fused-ring (bicyclic) bond motifs is 1. The minimum atomic E-state index is -1.43. The van der Waals surface area contributed by atoms with E-state index in [4.69, 9.17) is 9.26 Å². The molecule has 3 heterocycles. The maximum atomic E-state index is 12.9. The molecule has 1 aliphatic heterocycles. The van der Waals surface area contributed by atoms with Crippen molar-refractivity contribution in [3.63, 3.8) is 0 Å². The fourth-order valence-electron chi connectivity index (χ4n) is 3.35. The van der Waals surface area contributed by atoms with Crippen LogP contribution in [0.25, 0.3) is 11.0 Å². The molecule has 1 fully saturated rings. The Morgan fingerprint density at radius 2 is 1.96 bits per heavy atom. The molecule has 0 bridgehead atoms. The van der Waals surface area contributed by atoms with Gasteiger partial charge in [-0.15, -0.1) is 0 Å². The molecule has 3 N–H and O–H groups in total. The number of aliphatic hydroxyl groups is 3. The highest BCUT2D eigenvalue weighted by Gasteiger charge is 2.43. The van der Waals surface area contributed by atoms with Crippen molar-refractivity contribution in [1.82, 2.24) is 14.3 Å². The lowest BCUT2D eigenvalue weighted by Gasteiger charge is -2.18. The lowest BCUT2D eigenvalue weighted by Crippen LogP contribution is -2.43. The number of aromatic nitrogens is 3. The highest BCUT2D eigenvalue weighted by atomic mass is 16.6. The van der Waals surface area contributed by atoms with Gasteiger partial charge in [-0.2, -0.15) is 0 Å². The van der Waals surface area contributed by atoms with E-state index >= 15 is 0 Å². The van der Waals surface area contributed by atoms with Crippen molar-refractivity contribution in [2.75, 3.05) is 6.61 Å². The minimum Gasteiger partial charge on any atom is -0.394 e. The van der Waals surface area contributed by atoms with Crippen LogP contribution in [0.15, 0.2) is 44.6 Å². The van der Waals surface area contributed by atoms with Crippen LogP contribution in [0.3, 0.4) is 0 Å². The van der Waals surface area contributed by atoms with Gasteiger partial charge < -0.3 is 24.6 Å². The Morgan fingerprint density at radius 1 is 1.18 bits per heavy atom. The van der Waals surface area contributed by atoms with Gasteiger partial charge in [0.2, 0.25) is 0 Å². The summed E-state index contributed by atoms with van der Waals surface area (Å²) in [5, 5.41) is 33.9. The zero-order valence-electron chi connectivity index (χ0n) is 14.9. The Balaban J connectivity index is 1.74. The van der Waals surface area contributed by atoms with Gasteiger partial charge in [-0.3, -0.25) is 13.9 Å². The average Bonchev–Trinajstić information content (AvgIpc) is 3.20. The van der Waals surface area contributed by atoms with Crippen molar-refractivity contribution in [2.45, 2.75) is 38.0 Å². The van der Waals surface area contributed by atoms with E-state index in [0.29, 0.717) is 16.7 Å². The number of hydrogen-bond acceptors (Lipinski definition) is 8. The molecule has 0 amide bonds. The summed E-state index contributed by atoms with van der Waals surface area (Å²) in [6.07, 6.45) is -3.87. The summed E-state index contributed by atoms with van der Waals surface area (Å²) in [6, 6.07) is 6.62. The molecule has 10 nitrogen and oxygen atoms in total. The summed E-state index contributed by atoms with van der Waals surface area (Å²) >= 11 is 0. The van der Waals surface area contributed by atoms with Crippen LogP contribution in [-0.4, -0.2) is 54.5 Å². The zero-order chi connectivity index (χ0) is 20.0. The fourth-order valence-corrected chi connectivity index (χ4v) is 3.35. The van der Waals surface area contributed by atoms with E-state index in [-0.39, 0.29) is 6.54 Å². The number of hydrogen-bond donors (Lipinski definition) is 3. The van der Waals surface area contributed by atoms with E-state index in [2.05, 4.69) is 5.16 Å². The van der Waals surface area contributed by atoms with Crippen LogP contribution in [0.4, 0.5) is 0 Å². The fraction of sp³-hybridized carbons (Fsp3) is 0.389. The Hall–Kier alpha value is -2.79. The van der Waals surface area contributed by atoms with Crippen molar-refractivity contribution >= 4 is 11.0 Å². The largest absolute Gasteiger partial charge is 0.394 e. The molecule has 1 aliphatic rings. The van der Waals surface area contributed by atoms with Crippen molar-refractivity contribution in [2.24, 2.45) is 0 Å². The first-order valence-electron chi connectivity index (χ1n) is 8.70. The normalized spacial score (nSPS) is 24.9. The lowest BCUT2D eigenvalue weighted by atomic mass is 10.1. The Kier molecular flexibility index (Phi) is 4.63. The van der Waals surface area contributed by atoms with Crippen molar-refractivity contribution in [1.29, 1.82) is 0 Å². The lowest BCUT2D eigenvalue weighted by molar-refractivity contribution is -0.0555. The molecule has 10 heteroatoms. The first kappa shape index (κ1) is 18.6. The van der Waals surface area contributed by atoms with Gasteiger partial charge in [0, 0.05) is 17.6 Å². The third kappa shape index (κ3) is 2.96. The molecule has 0 spiro atoms. The van der Waals surface area contributed by atoms with Crippen LogP contribution < -0.4 is 11.2 Å². The average molecular weight is 389 g/mol. The number of aliphatic hydroxyl groups excluding tert-OH is 3. The Morgan fingerprint density at radius 3 is 2.68 bits per heavy atom. The number of aryl methyl sites for hydroxylation is 1. The summed E-state index contributed by atoms with van der Waals surface area (Å²) in [7, 11) is 0. The van der Waals surface area contributed by atoms with Crippen LogP contribution in [0.1, 0.15) is 17.5 Å². The van der Waals surface area contributed by atoms with Gasteiger partial charge in [-0.05, 0) is 19.1 Å². The first-order chi connectivity index (χ1) is 13.4. The minimum absolute atomic E-state index is 0.135. The van der Waals surface area contributed by atoms with Gasteiger partial charge in [0.15, 0.2) is 11.8 Å². The van der Waals surface area contributed by atoms with E-state index < -0.39 is 42.4 Å². The second kappa shape index (κ2) is 6.99. The molecule has 1 saturated heterocycles. The van der Waals surface area contributed by atoms with Gasteiger partial charge in [0.25, 0.3) is 5.56 Å². The molecular formula is C18H19N3O7. The maximum Gasteiger partial charge on any atom is 0.333 e. The first-order valence-corrected chi connectivity index (χ1v) is 8.70. The van der Waals surface area contributed by atoms with E-state index in [0.717, 1.165) is 20.8 Å². The standard InChI is InChI=1S/C18H19N3O7/c1-9-2-3-12-10(6-9)11(19-28-12)7-21-14(23)4-5-20(18(21)26)17-16(25)15(24)13(8-22)27-17/h2-6,13,15-17,22,24-25H,7-8H2,1H3/t13-,15-,16-,17-/m1/s1. The van der Waals surface area contributed by atoms with Crippen molar-refractivity contribution < 1.29 is 24.6 Å². The summed E-state index contributed by atoms with van der Waals surface area (Å²) < 4.78 is 12.6. The van der Waals surface area contributed by atoms with Crippen LogP contribution in [0.2, 0.25) is 0 Å². The van der Waals surface area contributed by atoms with Crippen LogP contribution >= 0.6 is 0 Å². The Labute approximate surface area is 157 Å². The van der Waals surface area contributed by atoms with E-state index in [9.17, 15) is 24.9 Å². The van der Waals surface area contributed by atoms with Gasteiger partial charge >= 0.3 is 5.69 Å². The van der Waals surface area contributed by atoms with Crippen LogP contribution in [0, 0.1) is 6.92 Å². The molecule has 28 heavy (non-hydrogen) atoms. The summed E-state index contributed by atoms with van der Waals surface area (Å²) in [6.45, 7) is 1.25. The smallest absolute Gasteiger partial charge is 0.333 e. The molecule has 4 atom stereocenters. The SMILES string of the molecule is Cc1ccc2onc(Cn3c(=O)ccn([C@@H]4O[C@H](CO)[C@@H](O)[C@H]4O)c3=O)c2c1. The molecule has 0 radical (unpaired) electrons. The van der Waals surface area contributed by atoms with Gasteiger partial charge in [-0.1, -0.05) is 16.8 Å². The molecule has 148 valence electrons. The van der Waals surface area contributed by atoms with Crippen molar-refractivity contribution in [3.05, 3.63) is 62.6 Å². The maximum absolute atomic E-state index is 12.9. The van der Waals surface area contributed by atoms with Gasteiger partial charge in [0.1, 0.15) is 24.0 Å². The van der Waals surface area contributed by atoms with E-state index in [1.54, 1.807) is 6.07 Å². The summed E-state index contributed by atoms with van der Waals surface area (Å²) in [5.41, 5.74) is 0.620. The molecule has 1 aromatic carbocycles. The highest BCUT2D eigenvalue weighted by Crippen LogP contribution is 2.28. The molecule has 2 aromatic heterocycles. The third-order valence-electron chi connectivity index (χ3n) is 4.89. The van der Waals surface area contributed by atoms with Gasteiger partial charge in [-0.25, -0.2) is 4.79 Å². The van der Waals surface area contributed by atoms with Crippen LogP contribution in [0.5, 0.6) is 0 Å². The van der Waals surface area contributed by atoms with Crippen molar-refractivity contribution in [3.8, 4) is 0 Å². The third-order valence-corrected chi connectivity index (χ3v) is 4.89. The van der Waals surface area contributed by atoms with E-state index in [1.165, 1.54) is 6.20 Å². The van der Waals surface area contributed by atoms with Crippen LogP contribution in [-0.2, 0) is 11.3 Å². The second-order valence-electron chi connectivity index (χ2n) is 6.79. The molecule has 3 aromatic rings. The predicted molar refractivity (Wildman–Crippen MR) is 95.8 cm³/mol. The number of rotatable bonds is 4. The highest BCUT2D eigenvalue weighted by molar-refractivity contribution is 5.80. The molecule has 0 aliphatic carbocycles. The predicted octanol–water partition coefficient (Wildman–Crippen LogP) is -0.881. The molecule has 4 rings (SSSR count). The molecule has 0 saturated carbocycles. The zero-order valence-corrected chi connectivity index (χ0v) is 14.9. The topological polar surface area (TPSA) is 140 Å². The summed E-state index contributed by atoms with van der Waals surface area (Å²) in [5.74, 6) is 0. The monoisotopic (exact) mass is 389 g/mol.